The number of rotatable bonds is 4. The summed E-state index contributed by atoms with van der Waals surface area (Å²) < 4.78 is 13.2. The predicted octanol–water partition coefficient (Wildman–Crippen LogP) is 3.21. The quantitative estimate of drug-likeness (QED) is 0.886. The number of anilines is 2. The van der Waals surface area contributed by atoms with Crippen molar-refractivity contribution in [3.63, 3.8) is 0 Å². The molecule has 0 aliphatic heterocycles. The molecule has 0 aliphatic rings. The molecule has 2 aromatic carbocycles. The van der Waals surface area contributed by atoms with Gasteiger partial charge in [0.15, 0.2) is 11.6 Å². The molecule has 0 fully saturated rings. The maximum atomic E-state index is 13.2. The largest absolute Gasteiger partial charge is 0.505 e. The molecule has 2 aromatic rings. The fourth-order valence-corrected chi connectivity index (χ4v) is 1.87. The Kier molecular flexibility index (Phi) is 3.90. The predicted molar refractivity (Wildman–Crippen MR) is 76.2 cm³/mol. The van der Waals surface area contributed by atoms with Crippen molar-refractivity contribution in [2.24, 2.45) is 0 Å². The number of para-hydroxylation sites is 2. The molecule has 100 valence electrons. The first kappa shape index (κ1) is 13.2. The summed E-state index contributed by atoms with van der Waals surface area (Å²) in [6.45, 7) is 0.502. The number of nitrogens with one attached hydrogen (secondary N) is 1. The van der Waals surface area contributed by atoms with E-state index in [2.05, 4.69) is 5.32 Å². The van der Waals surface area contributed by atoms with Crippen LogP contribution in [0.2, 0.25) is 0 Å². The third-order valence-electron chi connectivity index (χ3n) is 2.88. The smallest absolute Gasteiger partial charge is 0.165 e. The first-order chi connectivity index (χ1) is 9.08. The average molecular weight is 260 g/mol. The second-order valence-electron chi connectivity index (χ2n) is 4.55. The lowest BCUT2D eigenvalue weighted by atomic mass is 10.2. The van der Waals surface area contributed by atoms with E-state index in [1.165, 1.54) is 12.1 Å². The van der Waals surface area contributed by atoms with E-state index in [0.717, 1.165) is 16.9 Å². The minimum Gasteiger partial charge on any atom is -0.505 e. The SMILES string of the molecule is CN(C)c1ccccc1NCc1ccc(O)c(F)c1. The van der Waals surface area contributed by atoms with E-state index in [-0.39, 0.29) is 5.75 Å². The molecule has 4 heteroatoms. The van der Waals surface area contributed by atoms with Crippen molar-refractivity contribution in [1.82, 2.24) is 0 Å². The molecule has 0 bridgehead atoms. The van der Waals surface area contributed by atoms with E-state index in [1.54, 1.807) is 6.07 Å². The van der Waals surface area contributed by atoms with E-state index < -0.39 is 5.82 Å². The third-order valence-corrected chi connectivity index (χ3v) is 2.88. The van der Waals surface area contributed by atoms with Crippen molar-refractivity contribution in [2.45, 2.75) is 6.54 Å². The fourth-order valence-electron chi connectivity index (χ4n) is 1.87. The van der Waals surface area contributed by atoms with Crippen molar-refractivity contribution >= 4 is 11.4 Å². The van der Waals surface area contributed by atoms with Crippen LogP contribution in [-0.2, 0) is 6.54 Å². The van der Waals surface area contributed by atoms with Crippen LogP contribution in [0.5, 0.6) is 5.75 Å². The lowest BCUT2D eigenvalue weighted by Gasteiger charge is -2.18. The highest BCUT2D eigenvalue weighted by molar-refractivity contribution is 5.69. The highest BCUT2D eigenvalue weighted by atomic mass is 19.1. The van der Waals surface area contributed by atoms with Crippen LogP contribution in [0, 0.1) is 5.82 Å². The zero-order valence-electron chi connectivity index (χ0n) is 11.0. The van der Waals surface area contributed by atoms with Gasteiger partial charge in [0.1, 0.15) is 0 Å². The first-order valence-electron chi connectivity index (χ1n) is 6.05. The molecule has 0 amide bonds. The molecule has 19 heavy (non-hydrogen) atoms. The molecule has 3 nitrogen and oxygen atoms in total. The average Bonchev–Trinajstić information content (AvgIpc) is 2.40. The monoisotopic (exact) mass is 260 g/mol. The van der Waals surface area contributed by atoms with E-state index in [4.69, 9.17) is 5.11 Å². The Balaban J connectivity index is 2.12. The van der Waals surface area contributed by atoms with E-state index in [1.807, 2.05) is 43.3 Å². The molecular formula is C15H17FN2O. The molecular weight excluding hydrogens is 243 g/mol. The van der Waals surface area contributed by atoms with E-state index in [9.17, 15) is 4.39 Å². The van der Waals surface area contributed by atoms with Crippen LogP contribution >= 0.6 is 0 Å². The molecule has 2 N–H and O–H groups in total. The molecule has 0 unspecified atom stereocenters. The summed E-state index contributed by atoms with van der Waals surface area (Å²) in [5.74, 6) is -0.919. The Morgan fingerprint density at radius 3 is 2.58 bits per heavy atom. The van der Waals surface area contributed by atoms with Crippen molar-refractivity contribution in [1.29, 1.82) is 0 Å². The molecule has 0 atom stereocenters. The minimum absolute atomic E-state index is 0.322. The summed E-state index contributed by atoms with van der Waals surface area (Å²) in [5, 5.41) is 12.4. The number of aromatic hydroxyl groups is 1. The zero-order valence-corrected chi connectivity index (χ0v) is 11.0. The van der Waals surface area contributed by atoms with Gasteiger partial charge in [-0.25, -0.2) is 4.39 Å². The maximum absolute atomic E-state index is 13.2. The second kappa shape index (κ2) is 5.61. The highest BCUT2D eigenvalue weighted by Gasteiger charge is 2.05. The number of hydrogen-bond donors (Lipinski definition) is 2. The van der Waals surface area contributed by atoms with E-state index in [0.29, 0.717) is 6.54 Å². The molecule has 0 saturated heterocycles. The van der Waals surface area contributed by atoms with Crippen LogP contribution in [0.15, 0.2) is 42.5 Å². The highest BCUT2D eigenvalue weighted by Crippen LogP contribution is 2.24. The Morgan fingerprint density at radius 1 is 1.16 bits per heavy atom. The van der Waals surface area contributed by atoms with Gasteiger partial charge in [-0.05, 0) is 29.8 Å². The topological polar surface area (TPSA) is 35.5 Å². The van der Waals surface area contributed by atoms with Gasteiger partial charge in [-0.15, -0.1) is 0 Å². The number of nitrogens with zero attached hydrogens (tertiary/aromatic N) is 1. The lowest BCUT2D eigenvalue weighted by Crippen LogP contribution is -2.12. The first-order valence-corrected chi connectivity index (χ1v) is 6.05. The number of halogens is 1. The van der Waals surface area contributed by atoms with Gasteiger partial charge >= 0.3 is 0 Å². The second-order valence-corrected chi connectivity index (χ2v) is 4.55. The maximum Gasteiger partial charge on any atom is 0.165 e. The van der Waals surface area contributed by atoms with Crippen molar-refractivity contribution in [3.05, 3.63) is 53.8 Å². The zero-order chi connectivity index (χ0) is 13.8. The van der Waals surface area contributed by atoms with Gasteiger partial charge in [0.25, 0.3) is 0 Å². The van der Waals surface area contributed by atoms with E-state index >= 15 is 0 Å². The summed E-state index contributed by atoms with van der Waals surface area (Å²) in [6, 6.07) is 12.3. The van der Waals surface area contributed by atoms with Crippen molar-refractivity contribution < 1.29 is 9.50 Å². The Bertz CT molecular complexity index is 570. The van der Waals surface area contributed by atoms with Crippen LogP contribution in [0.4, 0.5) is 15.8 Å². The van der Waals surface area contributed by atoms with Gasteiger partial charge in [0.2, 0.25) is 0 Å². The van der Waals surface area contributed by atoms with Crippen LogP contribution in [0.25, 0.3) is 0 Å². The summed E-state index contributed by atoms with van der Waals surface area (Å²) >= 11 is 0. The fraction of sp³-hybridized carbons (Fsp3) is 0.200. The Hall–Kier alpha value is -2.23. The Morgan fingerprint density at radius 2 is 1.89 bits per heavy atom. The van der Waals surface area contributed by atoms with Crippen LogP contribution < -0.4 is 10.2 Å². The van der Waals surface area contributed by atoms with Gasteiger partial charge in [0.05, 0.1) is 11.4 Å². The summed E-state index contributed by atoms with van der Waals surface area (Å²) in [4.78, 5) is 2.01. The lowest BCUT2D eigenvalue weighted by molar-refractivity contribution is 0.432. The number of hydrogen-bond acceptors (Lipinski definition) is 3. The summed E-state index contributed by atoms with van der Waals surface area (Å²) in [5.41, 5.74) is 2.84. The summed E-state index contributed by atoms with van der Waals surface area (Å²) in [7, 11) is 3.95. The third kappa shape index (κ3) is 3.16. The number of phenolic OH excluding ortho intramolecular Hbond substituents is 1. The minimum atomic E-state index is -0.597. The molecule has 0 aromatic heterocycles. The van der Waals surface area contributed by atoms with Crippen LogP contribution in [0.3, 0.4) is 0 Å². The van der Waals surface area contributed by atoms with Crippen LogP contribution in [-0.4, -0.2) is 19.2 Å². The molecule has 0 aliphatic carbocycles. The number of benzene rings is 2. The van der Waals surface area contributed by atoms with Gasteiger partial charge < -0.3 is 15.3 Å². The molecule has 2 rings (SSSR count). The standard InChI is InChI=1S/C15H17FN2O/c1-18(2)14-6-4-3-5-13(14)17-10-11-7-8-15(19)12(16)9-11/h3-9,17,19H,10H2,1-2H3. The van der Waals surface area contributed by atoms with Gasteiger partial charge in [-0.2, -0.15) is 0 Å². The van der Waals surface area contributed by atoms with Gasteiger partial charge in [-0.1, -0.05) is 18.2 Å². The van der Waals surface area contributed by atoms with Gasteiger partial charge in [0, 0.05) is 20.6 Å². The summed E-state index contributed by atoms with van der Waals surface area (Å²) in [6.07, 6.45) is 0. The molecule has 0 spiro atoms. The Labute approximate surface area is 112 Å². The molecule has 0 heterocycles. The van der Waals surface area contributed by atoms with Crippen LogP contribution in [0.1, 0.15) is 5.56 Å². The molecule has 0 radical (unpaired) electrons. The normalized spacial score (nSPS) is 10.3. The van der Waals surface area contributed by atoms with Crippen molar-refractivity contribution in [2.75, 3.05) is 24.3 Å². The number of phenols is 1. The van der Waals surface area contributed by atoms with Gasteiger partial charge in [-0.3, -0.25) is 0 Å². The van der Waals surface area contributed by atoms with Crippen molar-refractivity contribution in [3.8, 4) is 5.75 Å². The molecule has 0 saturated carbocycles.